The molecule has 0 N–H and O–H groups in total. The van der Waals surface area contributed by atoms with E-state index >= 15 is 0 Å². The number of ether oxygens (including phenoxy) is 2. The van der Waals surface area contributed by atoms with Crippen LogP contribution in [0.2, 0.25) is 0 Å². The standard InChI is InChI=1S/C28H15F3N4O2S4/c1-36-16-6-2-4-14(12-16)18-8-10-20(38-18)22-24-26(34-40-32-24)23(27-25(22)33-41-35-27)21-11-9-19(39-21)15-5-3-7-17(13-15)37-28(29,30)31/h2-13H,1H3. The minimum atomic E-state index is -4.76. The van der Waals surface area contributed by atoms with Gasteiger partial charge in [-0.25, -0.2) is 0 Å². The van der Waals surface area contributed by atoms with Crippen LogP contribution in [0.5, 0.6) is 11.5 Å². The van der Waals surface area contributed by atoms with Gasteiger partial charge in [0.25, 0.3) is 0 Å². The Balaban J connectivity index is 1.32. The number of methoxy groups -OCH3 is 1. The van der Waals surface area contributed by atoms with Crippen LogP contribution in [-0.2, 0) is 11.4 Å². The van der Waals surface area contributed by atoms with E-state index in [0.717, 1.165) is 76.2 Å². The molecule has 0 amide bonds. The summed E-state index contributed by atoms with van der Waals surface area (Å²) in [5.41, 5.74) is 6.25. The molecule has 6 aromatic rings. The van der Waals surface area contributed by atoms with Crippen LogP contribution in [0.3, 0.4) is 0 Å². The van der Waals surface area contributed by atoms with Gasteiger partial charge in [0.15, 0.2) is 0 Å². The molecule has 4 heterocycles. The first-order valence-electron chi connectivity index (χ1n) is 12.0. The third-order valence-corrected chi connectivity index (χ3v) is 9.70. The van der Waals surface area contributed by atoms with Gasteiger partial charge in [0.2, 0.25) is 0 Å². The number of hydrogen-bond donors (Lipinski definition) is 0. The number of rotatable bonds is 6. The highest BCUT2D eigenvalue weighted by Crippen LogP contribution is 2.54. The SMILES string of the molecule is COc1cccc(-c2ccc(-c3c4c(c(-c5ccc(-c6cccc(OC(F)(F)F)c6)s5)c5nsnc35)N=S=N4)s2)c1. The Morgan fingerprint density at radius 3 is 1.71 bits per heavy atom. The smallest absolute Gasteiger partial charge is 0.497 e. The Kier molecular flexibility index (Phi) is 6.46. The van der Waals surface area contributed by atoms with Crippen molar-refractivity contribution in [1.29, 1.82) is 0 Å². The second-order valence-corrected chi connectivity index (χ2v) is 12.0. The van der Waals surface area contributed by atoms with Crippen LogP contribution in [0.25, 0.3) is 52.8 Å². The molecule has 7 rings (SSSR count). The van der Waals surface area contributed by atoms with E-state index in [4.69, 9.17) is 4.74 Å². The topological polar surface area (TPSA) is 69.0 Å². The zero-order valence-electron chi connectivity index (χ0n) is 20.8. The molecule has 13 heteroatoms. The van der Waals surface area contributed by atoms with Crippen molar-refractivity contribution in [3.05, 3.63) is 72.8 Å². The van der Waals surface area contributed by atoms with Gasteiger partial charge in [-0.1, -0.05) is 24.3 Å². The van der Waals surface area contributed by atoms with E-state index in [0.29, 0.717) is 16.8 Å². The number of alkyl halides is 3. The molecular formula is C28H15F3N4O2S4. The van der Waals surface area contributed by atoms with Crippen LogP contribution in [0.1, 0.15) is 0 Å². The maximum Gasteiger partial charge on any atom is 0.573 e. The van der Waals surface area contributed by atoms with Crippen molar-refractivity contribution >= 4 is 68.2 Å². The molecule has 0 saturated heterocycles. The van der Waals surface area contributed by atoms with Crippen molar-refractivity contribution in [3.63, 3.8) is 0 Å². The highest BCUT2D eigenvalue weighted by Gasteiger charge is 2.31. The second-order valence-electron chi connectivity index (χ2n) is 8.81. The van der Waals surface area contributed by atoms with Crippen LogP contribution in [0.15, 0.2) is 81.5 Å². The van der Waals surface area contributed by atoms with Crippen LogP contribution < -0.4 is 9.47 Å². The monoisotopic (exact) mass is 624 g/mol. The zero-order chi connectivity index (χ0) is 28.1. The summed E-state index contributed by atoms with van der Waals surface area (Å²) in [5, 5.41) is 0. The molecule has 0 spiro atoms. The number of halogens is 3. The number of fused-ring (bicyclic) bond motifs is 2. The minimum absolute atomic E-state index is 0.268. The summed E-state index contributed by atoms with van der Waals surface area (Å²) >= 11 is 5.31. The summed E-state index contributed by atoms with van der Waals surface area (Å²) in [6.07, 6.45) is -4.76. The average Bonchev–Trinajstić information content (AvgIpc) is 3.77. The molecule has 0 saturated carbocycles. The van der Waals surface area contributed by atoms with Gasteiger partial charge < -0.3 is 9.47 Å². The van der Waals surface area contributed by atoms with E-state index in [9.17, 15) is 13.2 Å². The highest BCUT2D eigenvalue weighted by atomic mass is 32.1. The van der Waals surface area contributed by atoms with Crippen LogP contribution in [-0.4, -0.2) is 22.2 Å². The Labute approximate surface area is 246 Å². The van der Waals surface area contributed by atoms with Crippen molar-refractivity contribution in [2.24, 2.45) is 8.73 Å². The van der Waals surface area contributed by atoms with Crippen molar-refractivity contribution in [2.75, 3.05) is 7.11 Å². The molecule has 6 nitrogen and oxygen atoms in total. The van der Waals surface area contributed by atoms with Gasteiger partial charge in [-0.05, 0) is 59.7 Å². The van der Waals surface area contributed by atoms with E-state index in [2.05, 4.69) is 34.3 Å². The Bertz CT molecular complexity index is 2020. The molecule has 1 aliphatic rings. The van der Waals surface area contributed by atoms with E-state index in [1.807, 2.05) is 36.4 Å². The third-order valence-electron chi connectivity index (χ3n) is 6.34. The van der Waals surface area contributed by atoms with E-state index in [1.165, 1.54) is 29.5 Å². The summed E-state index contributed by atoms with van der Waals surface area (Å²) in [5.74, 6) is 0.518. The van der Waals surface area contributed by atoms with Crippen molar-refractivity contribution in [3.8, 4) is 53.3 Å². The fourth-order valence-corrected chi connectivity index (χ4v) is 7.82. The van der Waals surface area contributed by atoms with Crippen LogP contribution in [0.4, 0.5) is 24.5 Å². The first-order valence-corrected chi connectivity index (χ1v) is 15.1. The van der Waals surface area contributed by atoms with Crippen LogP contribution >= 0.6 is 34.4 Å². The molecule has 0 radical (unpaired) electrons. The lowest BCUT2D eigenvalue weighted by molar-refractivity contribution is -0.274. The largest absolute Gasteiger partial charge is 0.573 e. The van der Waals surface area contributed by atoms with Gasteiger partial charge in [-0.3, -0.25) is 0 Å². The summed E-state index contributed by atoms with van der Waals surface area (Å²) in [4.78, 5) is 3.73. The maximum absolute atomic E-state index is 12.8. The van der Waals surface area contributed by atoms with Gasteiger partial charge in [0, 0.05) is 30.6 Å². The number of aromatic nitrogens is 2. The van der Waals surface area contributed by atoms with E-state index in [-0.39, 0.29) is 5.75 Å². The lowest BCUT2D eigenvalue weighted by atomic mass is 10.0. The highest BCUT2D eigenvalue weighted by molar-refractivity contribution is 7.58. The molecular weight excluding hydrogens is 610 g/mol. The lowest BCUT2D eigenvalue weighted by Crippen LogP contribution is -2.17. The molecule has 0 unspecified atom stereocenters. The molecule has 0 aliphatic carbocycles. The Morgan fingerprint density at radius 1 is 0.659 bits per heavy atom. The van der Waals surface area contributed by atoms with Gasteiger partial charge >= 0.3 is 6.36 Å². The third kappa shape index (κ3) is 4.84. The number of benzene rings is 3. The summed E-state index contributed by atoms with van der Waals surface area (Å²) in [6.45, 7) is 0. The normalized spacial score (nSPS) is 12.5. The van der Waals surface area contributed by atoms with Gasteiger partial charge in [-0.2, -0.15) is 17.5 Å². The molecule has 3 aromatic carbocycles. The fourth-order valence-electron chi connectivity index (χ4n) is 4.60. The fraction of sp³-hybridized carbons (Fsp3) is 0.0714. The predicted molar refractivity (Wildman–Crippen MR) is 160 cm³/mol. The first-order chi connectivity index (χ1) is 19.9. The Hall–Kier alpha value is -3.91. The summed E-state index contributed by atoms with van der Waals surface area (Å²) in [6, 6.07) is 21.8. The van der Waals surface area contributed by atoms with Gasteiger partial charge in [0.05, 0.1) is 30.2 Å². The molecule has 0 atom stereocenters. The van der Waals surface area contributed by atoms with Gasteiger partial charge in [-0.15, -0.1) is 35.8 Å². The zero-order valence-corrected chi connectivity index (χ0v) is 24.1. The number of hydrogen-bond acceptors (Lipinski definition) is 9. The van der Waals surface area contributed by atoms with E-state index in [1.54, 1.807) is 24.5 Å². The van der Waals surface area contributed by atoms with E-state index < -0.39 is 6.36 Å². The molecule has 1 aliphatic heterocycles. The molecule has 0 bridgehead atoms. The van der Waals surface area contributed by atoms with Crippen molar-refractivity contribution in [1.82, 2.24) is 8.75 Å². The molecule has 3 aromatic heterocycles. The summed E-state index contributed by atoms with van der Waals surface area (Å²) in [7, 11) is 1.65. The van der Waals surface area contributed by atoms with Crippen molar-refractivity contribution in [2.45, 2.75) is 6.36 Å². The lowest BCUT2D eigenvalue weighted by Gasteiger charge is -2.10. The van der Waals surface area contributed by atoms with Gasteiger partial charge in [0.1, 0.15) is 33.9 Å². The predicted octanol–water partition coefficient (Wildman–Crippen LogP) is 10.1. The molecule has 204 valence electrons. The minimum Gasteiger partial charge on any atom is -0.497 e. The second kappa shape index (κ2) is 10.2. The Morgan fingerprint density at radius 2 is 1.17 bits per heavy atom. The average molecular weight is 625 g/mol. The number of thiophene rings is 2. The maximum atomic E-state index is 12.8. The first kappa shape index (κ1) is 26.0. The number of nitrogens with zero attached hydrogens (tertiary/aromatic N) is 4. The van der Waals surface area contributed by atoms with Crippen LogP contribution in [0, 0.1) is 0 Å². The molecule has 0 fully saturated rings. The quantitative estimate of drug-likeness (QED) is 0.185. The molecule has 41 heavy (non-hydrogen) atoms. The van der Waals surface area contributed by atoms with Crippen molar-refractivity contribution < 1.29 is 22.6 Å². The summed E-state index contributed by atoms with van der Waals surface area (Å²) < 4.78 is 66.4.